The number of phenols is 1. The van der Waals surface area contributed by atoms with Gasteiger partial charge in [0.15, 0.2) is 23.2 Å². The zero-order valence-electron chi connectivity index (χ0n) is 26.6. The first-order valence-corrected chi connectivity index (χ1v) is 14.9. The summed E-state index contributed by atoms with van der Waals surface area (Å²) in [7, 11) is 4.18. The molecule has 16 nitrogen and oxygen atoms in total. The topological polar surface area (TPSA) is 233 Å². The molecule has 3 aromatic rings. The normalized spacial score (nSPS) is 30.5. The van der Waals surface area contributed by atoms with Gasteiger partial charge in [0.2, 0.25) is 0 Å². The maximum atomic E-state index is 13.6. The summed E-state index contributed by atoms with van der Waals surface area (Å²) >= 11 is 0. The lowest BCUT2D eigenvalue weighted by atomic mass is 9.89. The Kier molecular flexibility index (Phi) is 10.5. The maximum Gasteiger partial charge on any atom is 0.302 e. The summed E-state index contributed by atoms with van der Waals surface area (Å²) in [5.41, 5.74) is -0.535. The van der Waals surface area contributed by atoms with Gasteiger partial charge in [0, 0.05) is 24.6 Å². The van der Waals surface area contributed by atoms with Crippen LogP contribution in [0.5, 0.6) is 23.0 Å². The Bertz CT molecular complexity index is 1690. The maximum absolute atomic E-state index is 13.6. The summed E-state index contributed by atoms with van der Waals surface area (Å²) in [6.07, 6.45) is -15.9. The van der Waals surface area contributed by atoms with E-state index in [0.717, 1.165) is 13.0 Å². The van der Waals surface area contributed by atoms with Crippen molar-refractivity contribution in [3.05, 3.63) is 46.1 Å². The molecule has 1 aromatic heterocycles. The van der Waals surface area contributed by atoms with Gasteiger partial charge in [-0.2, -0.15) is 0 Å². The minimum absolute atomic E-state index is 0.0901. The lowest BCUT2D eigenvalue weighted by Crippen LogP contribution is -2.62. The van der Waals surface area contributed by atoms with Crippen molar-refractivity contribution in [1.29, 1.82) is 0 Å². The molecule has 2 aliphatic heterocycles. The van der Waals surface area contributed by atoms with Gasteiger partial charge in [-0.25, -0.2) is 0 Å². The molecular weight excluding hydrogens is 640 g/mol. The predicted molar refractivity (Wildman–Crippen MR) is 163 cm³/mol. The number of rotatable bonds is 9. The van der Waals surface area contributed by atoms with Crippen molar-refractivity contribution in [3.8, 4) is 34.3 Å². The van der Waals surface area contributed by atoms with Gasteiger partial charge in [-0.15, -0.1) is 0 Å². The predicted octanol–water partition coefficient (Wildman–Crippen LogP) is 0.129. The van der Waals surface area contributed by atoms with Crippen LogP contribution in [0.3, 0.4) is 0 Å². The highest BCUT2D eigenvalue weighted by Gasteiger charge is 2.52. The summed E-state index contributed by atoms with van der Waals surface area (Å²) in [6.45, 7) is 2.03. The molecule has 0 bridgehead atoms. The van der Waals surface area contributed by atoms with E-state index in [9.17, 15) is 40.2 Å². The number of benzene rings is 2. The highest BCUT2D eigenvalue weighted by Crippen LogP contribution is 2.47. The van der Waals surface area contributed by atoms with E-state index >= 15 is 0 Å². The number of aliphatic hydroxyl groups excluding tert-OH is 5. The van der Waals surface area contributed by atoms with Gasteiger partial charge < -0.3 is 68.2 Å². The van der Waals surface area contributed by atoms with Crippen molar-refractivity contribution in [2.75, 3.05) is 27.9 Å². The number of esters is 1. The fourth-order valence-corrected chi connectivity index (χ4v) is 5.81. The number of phenolic OH excluding ortho intramolecular Hbond substituents is 1. The van der Waals surface area contributed by atoms with E-state index < -0.39 is 85.0 Å². The molecule has 2 saturated heterocycles. The summed E-state index contributed by atoms with van der Waals surface area (Å²) < 4.78 is 44.7. The molecular formula is C32H38O16. The number of ether oxygens (including phenoxy) is 7. The van der Waals surface area contributed by atoms with Crippen molar-refractivity contribution in [1.82, 2.24) is 0 Å². The third-order valence-corrected chi connectivity index (χ3v) is 8.40. The molecule has 4 unspecified atom stereocenters. The van der Waals surface area contributed by atoms with Gasteiger partial charge in [-0.3, -0.25) is 9.59 Å². The lowest BCUT2D eigenvalue weighted by molar-refractivity contribution is -0.338. The quantitative estimate of drug-likeness (QED) is 0.165. The van der Waals surface area contributed by atoms with E-state index in [1.54, 1.807) is 18.2 Å². The molecule has 6 N–H and O–H groups in total. The van der Waals surface area contributed by atoms with E-state index in [1.807, 2.05) is 0 Å². The first-order valence-electron chi connectivity index (χ1n) is 14.9. The summed E-state index contributed by atoms with van der Waals surface area (Å²) in [6, 6.07) is 7.32. The van der Waals surface area contributed by atoms with Crippen LogP contribution < -0.4 is 19.6 Å². The minimum Gasteiger partial charge on any atom is -0.506 e. The van der Waals surface area contributed by atoms with Crippen LogP contribution in [-0.2, 0) is 23.7 Å². The molecule has 48 heavy (non-hydrogen) atoms. The highest BCUT2D eigenvalue weighted by atomic mass is 16.7. The summed E-state index contributed by atoms with van der Waals surface area (Å²) in [4.78, 5) is 25.1. The molecule has 2 aromatic carbocycles. The SMILES string of the molecule is COc1ccc(-c2cc(=O)c3c(O)c([C@@H]4OC(COC(C)=O)[C@@H](O)[C@H](O)C4O[C@@H]4OC(C)[C@H](O)[C@H](O)C4O)c(OC)cc3o2)cc1OC. The Morgan fingerprint density at radius 3 is 2.17 bits per heavy atom. The molecule has 2 aliphatic rings. The van der Waals surface area contributed by atoms with Gasteiger partial charge in [0.1, 0.15) is 83.7 Å². The van der Waals surface area contributed by atoms with E-state index in [1.165, 1.54) is 34.3 Å². The van der Waals surface area contributed by atoms with Crippen LogP contribution in [0.15, 0.2) is 39.5 Å². The number of hydrogen-bond acceptors (Lipinski definition) is 16. The molecule has 0 radical (unpaired) electrons. The average Bonchev–Trinajstić information content (AvgIpc) is 3.07. The van der Waals surface area contributed by atoms with Crippen LogP contribution in [0.4, 0.5) is 0 Å². The second-order valence-electron chi connectivity index (χ2n) is 11.4. The van der Waals surface area contributed by atoms with Crippen LogP contribution in [-0.4, -0.2) is 120 Å². The van der Waals surface area contributed by atoms with Crippen LogP contribution in [0.1, 0.15) is 25.5 Å². The second kappa shape index (κ2) is 14.2. The zero-order chi connectivity index (χ0) is 35.0. The third-order valence-electron chi connectivity index (χ3n) is 8.40. The summed E-state index contributed by atoms with van der Waals surface area (Å²) in [5.74, 6) is -0.542. The van der Waals surface area contributed by atoms with Crippen LogP contribution in [0.2, 0.25) is 0 Å². The number of methoxy groups -OCH3 is 3. The van der Waals surface area contributed by atoms with Crippen molar-refractivity contribution in [2.45, 2.75) is 75.1 Å². The smallest absolute Gasteiger partial charge is 0.302 e. The first-order chi connectivity index (χ1) is 22.8. The molecule has 0 amide bonds. The molecule has 3 heterocycles. The van der Waals surface area contributed by atoms with E-state index in [-0.39, 0.29) is 28.0 Å². The Labute approximate surface area is 273 Å². The van der Waals surface area contributed by atoms with Gasteiger partial charge in [0.05, 0.1) is 33.0 Å². The highest BCUT2D eigenvalue weighted by molar-refractivity contribution is 5.88. The second-order valence-corrected chi connectivity index (χ2v) is 11.4. The molecule has 0 aliphatic carbocycles. The van der Waals surface area contributed by atoms with Crippen LogP contribution in [0, 0.1) is 0 Å². The molecule has 10 atom stereocenters. The van der Waals surface area contributed by atoms with Gasteiger partial charge in [-0.1, -0.05) is 0 Å². The van der Waals surface area contributed by atoms with Gasteiger partial charge in [0.25, 0.3) is 0 Å². The minimum atomic E-state index is -1.84. The Hall–Kier alpha value is -4.00. The first kappa shape index (κ1) is 35.3. The molecule has 262 valence electrons. The largest absolute Gasteiger partial charge is 0.506 e. The monoisotopic (exact) mass is 678 g/mol. The van der Waals surface area contributed by atoms with Crippen molar-refractivity contribution >= 4 is 16.9 Å². The van der Waals surface area contributed by atoms with Crippen molar-refractivity contribution in [3.63, 3.8) is 0 Å². The third kappa shape index (κ3) is 6.53. The summed E-state index contributed by atoms with van der Waals surface area (Å²) in [5, 5.41) is 64.7. The number of aromatic hydroxyl groups is 1. The lowest BCUT2D eigenvalue weighted by Gasteiger charge is -2.46. The number of hydrogen-bond donors (Lipinski definition) is 6. The van der Waals surface area contributed by atoms with Crippen LogP contribution in [0.25, 0.3) is 22.3 Å². The van der Waals surface area contributed by atoms with Crippen molar-refractivity contribution < 1.29 is 73.0 Å². The fourth-order valence-electron chi connectivity index (χ4n) is 5.81. The Morgan fingerprint density at radius 2 is 1.52 bits per heavy atom. The number of carbonyl (C=O) groups excluding carboxylic acids is 1. The van der Waals surface area contributed by atoms with E-state index in [0.29, 0.717) is 17.1 Å². The molecule has 16 heteroatoms. The Balaban J connectivity index is 1.62. The fraction of sp³-hybridized carbons (Fsp3) is 0.500. The number of carbonyl (C=O) groups is 1. The van der Waals surface area contributed by atoms with E-state index in [2.05, 4.69) is 0 Å². The average molecular weight is 679 g/mol. The Morgan fingerprint density at radius 1 is 0.833 bits per heavy atom. The van der Waals surface area contributed by atoms with Gasteiger partial charge >= 0.3 is 5.97 Å². The van der Waals surface area contributed by atoms with E-state index in [4.69, 9.17) is 37.6 Å². The number of aliphatic hydroxyl groups is 5. The molecule has 5 rings (SSSR count). The van der Waals surface area contributed by atoms with Crippen LogP contribution >= 0.6 is 0 Å². The number of fused-ring (bicyclic) bond motifs is 1. The zero-order valence-corrected chi connectivity index (χ0v) is 26.6. The molecule has 0 saturated carbocycles. The molecule has 0 spiro atoms. The van der Waals surface area contributed by atoms with Crippen molar-refractivity contribution in [2.24, 2.45) is 0 Å². The molecule has 2 fully saturated rings. The standard InChI is InChI=1S/C32H38O16/c1-12-24(35)27(38)29(40)32(45-12)48-31-28(39)25(36)21(11-44-13(2)33)47-30(31)23-19(43-5)10-20-22(26(23)37)15(34)9-17(46-20)14-6-7-16(41-3)18(8-14)42-4/h6-10,12,21,24-25,27-32,35-40H,11H2,1-5H3/t12?,21?,24-,25+,27-,28-,29?,30-,31?,32-/m0/s1. The van der Waals surface area contributed by atoms with Gasteiger partial charge in [-0.05, 0) is 25.1 Å².